The Morgan fingerprint density at radius 3 is 1.35 bits per heavy atom. The number of sulfonamides is 3. The quantitative estimate of drug-likeness (QED) is 0.193. The second kappa shape index (κ2) is 31.0. The van der Waals surface area contributed by atoms with Crippen LogP contribution in [-0.2, 0) is 91.0 Å². The Bertz CT molecular complexity index is 1490. The molecule has 52 heavy (non-hydrogen) atoms. The van der Waals surface area contributed by atoms with Crippen molar-refractivity contribution in [2.45, 2.75) is 71.6 Å². The standard InChI is InChI=1S/C9H12N2O3S.C9H19NO5S.C8H11N3O3S.2CH4.2CH3.2V/c1-7(2)9(12)11-15(13,14)8-3-5-10-6-4-8;1-7(2)9(11)10-16(12,13)8(5-14-3)6-15-4;1-6(2)8(12)11-15(13,14)7-3-4-9-5-10-7;;;;;;/h3-7H,1-2H3,(H,11,12);7-8H,5-6H2,1-4H3,(H,10,11);3-6H,1-2H3,(H,11,12);2*1H4;2*1H3;;/q;;;;;2*-1;;. The van der Waals surface area contributed by atoms with Crippen LogP contribution in [0.4, 0.5) is 0 Å². The van der Waals surface area contributed by atoms with Crippen molar-refractivity contribution in [3.05, 3.63) is 58.0 Å². The predicted molar refractivity (Wildman–Crippen MR) is 192 cm³/mol. The monoisotopic (exact) mass is 874 g/mol. The third-order valence-corrected chi connectivity index (χ3v) is 9.48. The number of ether oxygens (including phenoxy) is 2. The van der Waals surface area contributed by atoms with Gasteiger partial charge >= 0.3 is 0 Å². The first-order valence-electron chi connectivity index (χ1n) is 13.5. The first-order chi connectivity index (χ1) is 21.2. The molecule has 0 saturated heterocycles. The molecule has 0 bridgehead atoms. The molecule has 2 heterocycles. The van der Waals surface area contributed by atoms with Gasteiger partial charge in [-0.2, -0.15) is 8.42 Å². The van der Waals surface area contributed by atoms with Gasteiger partial charge in [0.05, 0.1) is 18.1 Å². The molecule has 2 aromatic rings. The van der Waals surface area contributed by atoms with Gasteiger partial charge in [0, 0.05) is 87.7 Å². The molecule has 0 fully saturated rings. The normalized spacial score (nSPS) is 10.3. The number of pyridine rings is 1. The number of methoxy groups -OCH3 is 2. The minimum absolute atomic E-state index is 0. The predicted octanol–water partition coefficient (Wildman–Crippen LogP) is 2.40. The van der Waals surface area contributed by atoms with E-state index in [1.165, 1.54) is 51.0 Å². The van der Waals surface area contributed by atoms with Crippen LogP contribution in [-0.4, -0.2) is 90.6 Å². The van der Waals surface area contributed by atoms with E-state index in [0.29, 0.717) is 0 Å². The van der Waals surface area contributed by atoms with Crippen molar-refractivity contribution >= 4 is 47.8 Å². The molecule has 0 aromatic carbocycles. The molecule has 0 spiro atoms. The fraction of sp³-hybridized carbons (Fsp3) is 0.533. The smallest absolute Gasteiger partial charge is 0.281 e. The molecule has 2 radical (unpaired) electrons. The van der Waals surface area contributed by atoms with Crippen LogP contribution in [0.1, 0.15) is 56.4 Å². The van der Waals surface area contributed by atoms with E-state index in [1.807, 2.05) is 14.2 Å². The van der Waals surface area contributed by atoms with Gasteiger partial charge in [0.15, 0.2) is 5.03 Å². The number of aromatic nitrogens is 3. The molecule has 0 aliphatic heterocycles. The number of rotatable bonds is 13. The zero-order valence-electron chi connectivity index (χ0n) is 29.7. The summed E-state index contributed by atoms with van der Waals surface area (Å²) in [5, 5.41) is -1.10. The number of amides is 3. The Kier molecular flexibility index (Phi) is 38.4. The molecule has 2 rings (SSSR count). The van der Waals surface area contributed by atoms with Gasteiger partial charge in [0.2, 0.25) is 27.7 Å². The van der Waals surface area contributed by atoms with Gasteiger partial charge in [-0.05, 0) is 18.2 Å². The first kappa shape index (κ1) is 64.5. The maximum atomic E-state index is 11.7. The van der Waals surface area contributed by atoms with Gasteiger partial charge in [-0.3, -0.25) is 24.1 Å². The zero-order chi connectivity index (χ0) is 35.7. The summed E-state index contributed by atoms with van der Waals surface area (Å²) in [6, 6.07) is 3.88. The van der Waals surface area contributed by atoms with Crippen molar-refractivity contribution in [2.24, 2.45) is 17.8 Å². The molecule has 3 N–H and O–H groups in total. The van der Waals surface area contributed by atoms with Gasteiger partial charge in [-0.25, -0.2) is 36.2 Å². The van der Waals surface area contributed by atoms with Crippen LogP contribution in [0.5, 0.6) is 0 Å². The van der Waals surface area contributed by atoms with Crippen molar-refractivity contribution < 1.29 is 86.2 Å². The molecular weight excluding hydrogens is 818 g/mol. The fourth-order valence-corrected chi connectivity index (χ4v) is 5.95. The molecule has 22 heteroatoms. The number of carbonyl (C=O) groups excluding carboxylic acids is 3. The molecule has 302 valence electrons. The Balaban J connectivity index is -0.000000110. The minimum Gasteiger partial charge on any atom is -0.383 e. The summed E-state index contributed by atoms with van der Waals surface area (Å²) in [5.41, 5.74) is 0. The second-order valence-corrected chi connectivity index (χ2v) is 15.5. The van der Waals surface area contributed by atoms with Gasteiger partial charge in [-0.15, -0.1) is 0 Å². The van der Waals surface area contributed by atoms with Crippen molar-refractivity contribution in [3.8, 4) is 0 Å². The minimum atomic E-state index is -3.86. The van der Waals surface area contributed by atoms with E-state index in [4.69, 9.17) is 9.47 Å². The number of hydrogen-bond donors (Lipinski definition) is 3. The summed E-state index contributed by atoms with van der Waals surface area (Å²) < 4.78 is 85.1. The van der Waals surface area contributed by atoms with E-state index >= 15 is 0 Å². The molecule has 0 unspecified atom stereocenters. The van der Waals surface area contributed by atoms with E-state index in [1.54, 1.807) is 41.5 Å². The van der Waals surface area contributed by atoms with Crippen molar-refractivity contribution in [1.29, 1.82) is 0 Å². The molecule has 0 aliphatic carbocycles. The molecule has 0 saturated carbocycles. The average molecular weight is 875 g/mol. The summed E-state index contributed by atoms with van der Waals surface area (Å²) in [6.45, 7) is 9.65. The van der Waals surface area contributed by atoms with Crippen LogP contribution in [0.15, 0.2) is 53.0 Å². The van der Waals surface area contributed by atoms with Crippen LogP contribution in [0.2, 0.25) is 0 Å². The molecule has 3 amide bonds. The molecular formula is C30H56N6O11S3V2-2. The van der Waals surface area contributed by atoms with Gasteiger partial charge in [0.25, 0.3) is 20.0 Å². The summed E-state index contributed by atoms with van der Waals surface area (Å²) >= 11 is 0. The third kappa shape index (κ3) is 24.8. The fourth-order valence-electron chi connectivity index (χ4n) is 2.51. The van der Waals surface area contributed by atoms with Crippen LogP contribution in [0, 0.1) is 32.6 Å². The topological polar surface area (TPSA) is 247 Å². The van der Waals surface area contributed by atoms with E-state index in [0.717, 1.165) is 6.33 Å². The van der Waals surface area contributed by atoms with E-state index in [9.17, 15) is 39.6 Å². The number of carbonyl (C=O) groups is 3. The first-order valence-corrected chi connectivity index (χ1v) is 18.1. The average Bonchev–Trinajstić information content (AvgIpc) is 2.98. The number of nitrogens with one attached hydrogen (secondary N) is 3. The van der Waals surface area contributed by atoms with Gasteiger partial charge in [0.1, 0.15) is 11.6 Å². The largest absolute Gasteiger partial charge is 0.383 e. The maximum Gasteiger partial charge on any atom is 0.281 e. The molecule has 2 aromatic heterocycles. The third-order valence-electron chi connectivity index (χ3n) is 5.22. The maximum absolute atomic E-state index is 11.7. The summed E-state index contributed by atoms with van der Waals surface area (Å²) in [5.74, 6) is -2.78. The van der Waals surface area contributed by atoms with E-state index in [-0.39, 0.29) is 102 Å². The Hall–Kier alpha value is -2.42. The van der Waals surface area contributed by atoms with E-state index < -0.39 is 59.0 Å². The van der Waals surface area contributed by atoms with Gasteiger partial charge in [-0.1, -0.05) is 56.4 Å². The Morgan fingerprint density at radius 2 is 1.00 bits per heavy atom. The van der Waals surface area contributed by atoms with E-state index in [2.05, 4.69) is 15.0 Å². The molecule has 0 atom stereocenters. The number of hydrogen-bond acceptors (Lipinski definition) is 14. The van der Waals surface area contributed by atoms with Crippen molar-refractivity contribution in [1.82, 2.24) is 29.1 Å². The summed E-state index contributed by atoms with van der Waals surface area (Å²) in [6.07, 6.45) is 5.11. The second-order valence-electron chi connectivity index (χ2n) is 10.2. The van der Waals surface area contributed by atoms with Crippen LogP contribution in [0.25, 0.3) is 0 Å². The van der Waals surface area contributed by atoms with Crippen LogP contribution in [0.3, 0.4) is 0 Å². The zero-order valence-corrected chi connectivity index (χ0v) is 35.0. The Labute approximate surface area is 336 Å². The van der Waals surface area contributed by atoms with Crippen molar-refractivity contribution in [2.75, 3.05) is 27.4 Å². The summed E-state index contributed by atoms with van der Waals surface area (Å²) in [7, 11) is -8.56. The SMILES string of the molecule is C.C.CC(C)C(=O)NS(=O)(=O)c1ccncc1.CC(C)C(=O)NS(=O)(=O)c1ccncn1.COCC(COC)S(=O)(=O)NC(=O)C(C)C.[CH3-].[CH3-].[V].[V]. The number of nitrogens with zero attached hydrogens (tertiary/aromatic N) is 3. The molecule has 0 aliphatic rings. The van der Waals surface area contributed by atoms with Gasteiger partial charge < -0.3 is 24.3 Å². The van der Waals surface area contributed by atoms with Crippen LogP contribution < -0.4 is 14.2 Å². The summed E-state index contributed by atoms with van der Waals surface area (Å²) in [4.78, 5) is 44.6. The van der Waals surface area contributed by atoms with Crippen LogP contribution >= 0.6 is 0 Å². The molecule has 17 nitrogen and oxygen atoms in total. The van der Waals surface area contributed by atoms with Crippen molar-refractivity contribution in [3.63, 3.8) is 0 Å². The Morgan fingerprint density at radius 1 is 0.635 bits per heavy atom.